The number of ether oxygens (including phenoxy) is 1. The molecule has 2 heterocycles. The van der Waals surface area contributed by atoms with Gasteiger partial charge in [-0.1, -0.05) is 12.1 Å². The summed E-state index contributed by atoms with van der Waals surface area (Å²) >= 11 is 0. The molecule has 0 radical (unpaired) electrons. The largest absolute Gasteiger partial charge is 0.573 e. The molecule has 11 heteroatoms. The van der Waals surface area contributed by atoms with Crippen molar-refractivity contribution >= 4 is 17.3 Å². The van der Waals surface area contributed by atoms with Crippen molar-refractivity contribution in [2.24, 2.45) is 0 Å². The third-order valence-electron chi connectivity index (χ3n) is 5.28. The minimum Gasteiger partial charge on any atom is -0.508 e. The number of anilines is 2. The lowest BCUT2D eigenvalue weighted by Crippen LogP contribution is -2.44. The summed E-state index contributed by atoms with van der Waals surface area (Å²) in [5.74, 6) is -1.87. The van der Waals surface area contributed by atoms with E-state index < -0.39 is 23.8 Å². The number of hydrogen-bond donors (Lipinski definition) is 2. The highest BCUT2D eigenvalue weighted by atomic mass is 19.4. The van der Waals surface area contributed by atoms with Crippen LogP contribution in [0.15, 0.2) is 54.9 Å². The first-order valence-electron chi connectivity index (χ1n) is 10.4. The van der Waals surface area contributed by atoms with Crippen LogP contribution in [0.25, 0.3) is 11.3 Å². The number of nitrogens with zero attached hydrogens (tertiary/aromatic N) is 4. The molecule has 2 N–H and O–H groups in total. The van der Waals surface area contributed by atoms with Gasteiger partial charge in [-0.05, 0) is 19.2 Å². The van der Waals surface area contributed by atoms with Gasteiger partial charge in [-0.25, -0.2) is 4.98 Å². The predicted molar refractivity (Wildman–Crippen MR) is 120 cm³/mol. The molecular weight excluding hydrogens is 451 g/mol. The van der Waals surface area contributed by atoms with Crippen LogP contribution in [0.1, 0.15) is 10.5 Å². The molecule has 8 nitrogen and oxygen atoms in total. The van der Waals surface area contributed by atoms with Gasteiger partial charge < -0.3 is 25.0 Å². The van der Waals surface area contributed by atoms with E-state index in [0.717, 1.165) is 55.6 Å². The van der Waals surface area contributed by atoms with Gasteiger partial charge in [0.1, 0.15) is 17.2 Å². The van der Waals surface area contributed by atoms with Gasteiger partial charge in [0.2, 0.25) is 0 Å². The fourth-order valence-electron chi connectivity index (χ4n) is 3.57. The number of benzene rings is 2. The number of likely N-dealkylation sites (N-methyl/N-ethyl adjacent to an activating group) is 1. The summed E-state index contributed by atoms with van der Waals surface area (Å²) in [5.41, 5.74) is 2.20. The van der Waals surface area contributed by atoms with Crippen LogP contribution in [-0.2, 0) is 0 Å². The van der Waals surface area contributed by atoms with Gasteiger partial charge in [-0.15, -0.1) is 13.2 Å². The molecular formula is C23H22F3N5O3. The van der Waals surface area contributed by atoms with Crippen LogP contribution in [0, 0.1) is 0 Å². The number of carbonyl (C=O) groups is 1. The third-order valence-corrected chi connectivity index (χ3v) is 5.28. The van der Waals surface area contributed by atoms with E-state index in [9.17, 15) is 23.1 Å². The van der Waals surface area contributed by atoms with Gasteiger partial charge in [-0.3, -0.25) is 9.78 Å². The summed E-state index contributed by atoms with van der Waals surface area (Å²) in [6.07, 6.45) is -2.17. The Morgan fingerprint density at radius 3 is 2.44 bits per heavy atom. The van der Waals surface area contributed by atoms with Crippen molar-refractivity contribution in [3.05, 3.63) is 60.6 Å². The van der Waals surface area contributed by atoms with Crippen LogP contribution in [0.5, 0.6) is 11.5 Å². The lowest BCUT2D eigenvalue weighted by molar-refractivity contribution is -0.274. The van der Waals surface area contributed by atoms with Crippen molar-refractivity contribution in [2.45, 2.75) is 6.36 Å². The Morgan fingerprint density at radius 2 is 1.76 bits per heavy atom. The van der Waals surface area contributed by atoms with E-state index in [4.69, 9.17) is 0 Å². The van der Waals surface area contributed by atoms with E-state index >= 15 is 0 Å². The molecule has 3 aromatic rings. The highest BCUT2D eigenvalue weighted by Gasteiger charge is 2.31. The molecule has 1 amide bonds. The summed E-state index contributed by atoms with van der Waals surface area (Å²) in [6, 6.07) is 10.6. The average Bonchev–Trinajstić information content (AvgIpc) is 2.78. The van der Waals surface area contributed by atoms with E-state index in [1.165, 1.54) is 12.4 Å². The van der Waals surface area contributed by atoms with Crippen molar-refractivity contribution in [2.75, 3.05) is 43.4 Å². The Hall–Kier alpha value is -3.86. The zero-order chi connectivity index (χ0) is 24.3. The normalized spacial score (nSPS) is 14.6. The van der Waals surface area contributed by atoms with E-state index in [2.05, 4.69) is 36.9 Å². The summed E-state index contributed by atoms with van der Waals surface area (Å²) in [4.78, 5) is 25.6. The topological polar surface area (TPSA) is 90.8 Å². The lowest BCUT2D eigenvalue weighted by atomic mass is 10.1. The molecule has 1 aliphatic rings. The number of nitrogens with one attached hydrogen (secondary N) is 1. The number of carbonyl (C=O) groups excluding carboxylic acids is 1. The molecule has 1 fully saturated rings. The quantitative estimate of drug-likeness (QED) is 0.583. The molecule has 34 heavy (non-hydrogen) atoms. The fraction of sp³-hybridized carbons (Fsp3) is 0.261. The highest BCUT2D eigenvalue weighted by molar-refractivity contribution is 6.03. The van der Waals surface area contributed by atoms with Crippen molar-refractivity contribution in [3.8, 4) is 22.8 Å². The maximum Gasteiger partial charge on any atom is 0.573 e. The highest BCUT2D eigenvalue weighted by Crippen LogP contribution is 2.30. The Bertz CT molecular complexity index is 1160. The van der Waals surface area contributed by atoms with Crippen molar-refractivity contribution in [1.29, 1.82) is 0 Å². The van der Waals surface area contributed by atoms with Gasteiger partial charge in [0.05, 0.1) is 18.1 Å². The number of piperazine rings is 1. The van der Waals surface area contributed by atoms with Crippen LogP contribution in [0.4, 0.5) is 24.5 Å². The number of aromatic hydroxyl groups is 1. The first-order chi connectivity index (χ1) is 16.2. The van der Waals surface area contributed by atoms with Crippen molar-refractivity contribution in [1.82, 2.24) is 14.9 Å². The van der Waals surface area contributed by atoms with Crippen LogP contribution in [0.2, 0.25) is 0 Å². The van der Waals surface area contributed by atoms with Crippen LogP contribution >= 0.6 is 0 Å². The fourth-order valence-corrected chi connectivity index (χ4v) is 3.57. The molecule has 0 atom stereocenters. The van der Waals surface area contributed by atoms with Crippen LogP contribution < -0.4 is 15.0 Å². The van der Waals surface area contributed by atoms with Gasteiger partial charge in [0.15, 0.2) is 0 Å². The molecule has 1 saturated heterocycles. The number of amides is 1. The molecule has 1 aliphatic heterocycles. The molecule has 0 aliphatic carbocycles. The number of halogens is 3. The van der Waals surface area contributed by atoms with Gasteiger partial charge >= 0.3 is 6.36 Å². The second-order valence-electron chi connectivity index (χ2n) is 7.84. The summed E-state index contributed by atoms with van der Waals surface area (Å²) in [6.45, 7) is 3.87. The summed E-state index contributed by atoms with van der Waals surface area (Å²) in [7, 11) is 2.10. The Labute approximate surface area is 193 Å². The number of alkyl halides is 3. The van der Waals surface area contributed by atoms with Gasteiger partial charge in [0, 0.05) is 61.3 Å². The second kappa shape index (κ2) is 9.56. The first-order valence-corrected chi connectivity index (χ1v) is 10.4. The zero-order valence-electron chi connectivity index (χ0n) is 18.2. The Kier molecular flexibility index (Phi) is 6.55. The second-order valence-corrected chi connectivity index (χ2v) is 7.84. The third kappa shape index (κ3) is 5.93. The number of phenolic OH excluding ortho intramolecular Hbond substituents is 1. The monoisotopic (exact) mass is 473 g/mol. The van der Waals surface area contributed by atoms with Crippen molar-refractivity contribution < 1.29 is 27.8 Å². The zero-order valence-corrected chi connectivity index (χ0v) is 18.2. The SMILES string of the molecule is CN1CCN(c2ccc(-c3cncc(C(=O)Nc4cc(O)cc(OC(F)(F)F)c4)n3)cc2)CC1. The number of aromatic nitrogens is 2. The van der Waals surface area contributed by atoms with E-state index in [-0.39, 0.29) is 11.4 Å². The molecule has 4 rings (SSSR count). The first kappa shape index (κ1) is 23.3. The van der Waals surface area contributed by atoms with Gasteiger partial charge in [-0.2, -0.15) is 0 Å². The number of phenols is 1. The Balaban J connectivity index is 1.48. The Morgan fingerprint density at radius 1 is 1.06 bits per heavy atom. The predicted octanol–water partition coefficient (Wildman–Crippen LogP) is 3.75. The van der Waals surface area contributed by atoms with Crippen LogP contribution in [0.3, 0.4) is 0 Å². The molecule has 0 bridgehead atoms. The summed E-state index contributed by atoms with van der Waals surface area (Å²) in [5, 5.41) is 12.1. The summed E-state index contributed by atoms with van der Waals surface area (Å²) < 4.78 is 41.2. The minimum absolute atomic E-state index is 0.0396. The molecule has 1 aromatic heterocycles. The molecule has 0 spiro atoms. The molecule has 0 saturated carbocycles. The van der Waals surface area contributed by atoms with E-state index in [1.807, 2.05) is 24.3 Å². The molecule has 0 unspecified atom stereocenters. The van der Waals surface area contributed by atoms with Crippen molar-refractivity contribution in [3.63, 3.8) is 0 Å². The van der Waals surface area contributed by atoms with E-state index in [0.29, 0.717) is 5.69 Å². The van der Waals surface area contributed by atoms with Crippen LogP contribution in [-0.4, -0.2) is 65.5 Å². The lowest BCUT2D eigenvalue weighted by Gasteiger charge is -2.34. The molecule has 178 valence electrons. The average molecular weight is 473 g/mol. The maximum absolute atomic E-state index is 12.6. The van der Waals surface area contributed by atoms with Gasteiger partial charge in [0.25, 0.3) is 5.91 Å². The molecule has 2 aromatic carbocycles. The van der Waals surface area contributed by atoms with E-state index in [1.54, 1.807) is 0 Å². The number of rotatable bonds is 5. The smallest absolute Gasteiger partial charge is 0.508 e. The number of hydrogen-bond acceptors (Lipinski definition) is 7. The minimum atomic E-state index is -4.94. The maximum atomic E-state index is 12.6. The standard InChI is InChI=1S/C23H22F3N5O3/c1-30-6-8-31(9-7-30)17-4-2-15(3-5-17)20-13-27-14-21(29-20)22(33)28-16-10-18(32)12-19(11-16)34-23(24,25)26/h2-5,10-14,32H,6-9H2,1H3,(H,28,33).